The number of hydrogen-bond acceptors (Lipinski definition) is 1. The molecule has 0 saturated carbocycles. The van der Waals surface area contributed by atoms with Gasteiger partial charge in [-0.2, -0.15) is 0 Å². The molecular weight excluding hydrogens is 203 g/mol. The van der Waals surface area contributed by atoms with Crippen LogP contribution in [0.4, 0.5) is 0 Å². The van der Waals surface area contributed by atoms with Gasteiger partial charge in [-0.3, -0.25) is 0 Å². The summed E-state index contributed by atoms with van der Waals surface area (Å²) < 4.78 is 1.30. The third kappa shape index (κ3) is 2.06. The molecule has 0 fully saturated rings. The Morgan fingerprint density at radius 3 is 2.45 bits per heavy atom. The molecule has 0 aliphatic carbocycles. The van der Waals surface area contributed by atoms with E-state index in [2.05, 4.69) is 11.9 Å². The molecule has 0 aromatic heterocycles. The van der Waals surface area contributed by atoms with Crippen LogP contribution in [0.2, 0.25) is 5.82 Å². The molecular formula is C9H12OSe. The van der Waals surface area contributed by atoms with Crippen LogP contribution in [-0.2, 0) is 0 Å². The number of benzene rings is 1. The van der Waals surface area contributed by atoms with E-state index < -0.39 is 0 Å². The van der Waals surface area contributed by atoms with E-state index in [0.29, 0.717) is 15.0 Å². The van der Waals surface area contributed by atoms with Crippen LogP contribution < -0.4 is 4.46 Å². The number of aliphatic hydroxyl groups is 1. The molecule has 0 bridgehead atoms. The molecule has 1 nitrogen and oxygen atoms in total. The Labute approximate surface area is 73.6 Å². The fourth-order valence-corrected chi connectivity index (χ4v) is 2.46. The van der Waals surface area contributed by atoms with E-state index in [-0.39, 0.29) is 6.10 Å². The van der Waals surface area contributed by atoms with Gasteiger partial charge in [0.2, 0.25) is 0 Å². The second-order valence-electron chi connectivity index (χ2n) is 2.42. The minimum absolute atomic E-state index is 0.326. The van der Waals surface area contributed by atoms with Gasteiger partial charge in [-0.15, -0.1) is 0 Å². The van der Waals surface area contributed by atoms with Gasteiger partial charge >= 0.3 is 73.2 Å². The van der Waals surface area contributed by atoms with Crippen LogP contribution in [0.3, 0.4) is 0 Å². The molecule has 0 unspecified atom stereocenters. The first-order chi connectivity index (χ1) is 5.25. The molecule has 0 aliphatic rings. The van der Waals surface area contributed by atoms with Crippen molar-refractivity contribution < 1.29 is 5.11 Å². The monoisotopic (exact) mass is 216 g/mol. The van der Waals surface area contributed by atoms with Crippen LogP contribution in [0.25, 0.3) is 0 Å². The Morgan fingerprint density at radius 2 is 2.00 bits per heavy atom. The zero-order chi connectivity index (χ0) is 8.27. The van der Waals surface area contributed by atoms with E-state index in [4.69, 9.17) is 0 Å². The molecule has 2 heteroatoms. The number of rotatable bonds is 2. The molecule has 0 saturated heterocycles. The second-order valence-corrected chi connectivity index (χ2v) is 4.20. The van der Waals surface area contributed by atoms with Gasteiger partial charge in [0.1, 0.15) is 0 Å². The van der Waals surface area contributed by atoms with Crippen molar-refractivity contribution in [2.45, 2.75) is 18.8 Å². The van der Waals surface area contributed by atoms with Crippen LogP contribution in [0, 0.1) is 0 Å². The van der Waals surface area contributed by atoms with Crippen LogP contribution in [0.15, 0.2) is 24.3 Å². The van der Waals surface area contributed by atoms with E-state index in [0.717, 1.165) is 5.56 Å². The van der Waals surface area contributed by atoms with Crippen LogP contribution >= 0.6 is 0 Å². The number of hydrogen-bond donors (Lipinski definition) is 1. The summed E-state index contributed by atoms with van der Waals surface area (Å²) in [6.45, 7) is 1.81. The van der Waals surface area contributed by atoms with E-state index in [9.17, 15) is 5.11 Å². The van der Waals surface area contributed by atoms with E-state index in [1.54, 1.807) is 0 Å². The fraction of sp³-hybridized carbons (Fsp3) is 0.333. The predicted octanol–water partition coefficient (Wildman–Crippen LogP) is 1.12. The van der Waals surface area contributed by atoms with Crippen LogP contribution in [0.5, 0.6) is 0 Å². The summed E-state index contributed by atoms with van der Waals surface area (Å²) in [6.07, 6.45) is -0.326. The van der Waals surface area contributed by atoms with E-state index in [1.165, 1.54) is 4.46 Å². The van der Waals surface area contributed by atoms with Gasteiger partial charge in [0, 0.05) is 0 Å². The molecule has 1 rings (SSSR count). The first-order valence-electron chi connectivity index (χ1n) is 3.56. The van der Waals surface area contributed by atoms with Crippen LogP contribution in [-0.4, -0.2) is 20.1 Å². The quantitative estimate of drug-likeness (QED) is 0.733. The molecule has 60 valence electrons. The van der Waals surface area contributed by atoms with Gasteiger partial charge in [-0.1, -0.05) is 0 Å². The molecule has 0 spiro atoms. The molecule has 0 aliphatic heterocycles. The molecule has 1 aromatic carbocycles. The van der Waals surface area contributed by atoms with Crippen molar-refractivity contribution in [3.63, 3.8) is 0 Å². The van der Waals surface area contributed by atoms with E-state index in [1.807, 2.05) is 25.1 Å². The zero-order valence-electron chi connectivity index (χ0n) is 6.74. The standard InChI is InChI=1S/C9H12OSe/c1-7(10)8-5-3-4-6-9(8)11-2/h3-7,10H,1-2H3/t7-/m1/s1. The van der Waals surface area contributed by atoms with Crippen LogP contribution in [0.1, 0.15) is 18.6 Å². The van der Waals surface area contributed by atoms with E-state index >= 15 is 0 Å². The number of aliphatic hydroxyl groups excluding tert-OH is 1. The first kappa shape index (κ1) is 8.79. The normalized spacial score (nSPS) is 13.0. The molecule has 0 heterocycles. The van der Waals surface area contributed by atoms with Crippen molar-refractivity contribution in [1.82, 2.24) is 0 Å². The van der Waals surface area contributed by atoms with Crippen molar-refractivity contribution in [1.29, 1.82) is 0 Å². The third-order valence-corrected chi connectivity index (χ3v) is 3.29. The topological polar surface area (TPSA) is 20.2 Å². The SMILES string of the molecule is C[Se]c1ccccc1[C@@H](C)O. The summed E-state index contributed by atoms with van der Waals surface area (Å²) in [6, 6.07) is 8.07. The van der Waals surface area contributed by atoms with Gasteiger partial charge in [0.05, 0.1) is 0 Å². The predicted molar refractivity (Wildman–Crippen MR) is 48.3 cm³/mol. The minimum atomic E-state index is -0.326. The van der Waals surface area contributed by atoms with Gasteiger partial charge in [0.25, 0.3) is 0 Å². The Kier molecular flexibility index (Phi) is 3.13. The maximum atomic E-state index is 9.35. The Bertz CT molecular complexity index is 233. The molecule has 1 N–H and O–H groups in total. The summed E-state index contributed by atoms with van der Waals surface area (Å²) in [5, 5.41) is 9.35. The summed E-state index contributed by atoms with van der Waals surface area (Å²) in [7, 11) is 0. The Hall–Kier alpha value is -0.301. The fourth-order valence-electron chi connectivity index (χ4n) is 1.01. The van der Waals surface area contributed by atoms with Crippen molar-refractivity contribution in [2.75, 3.05) is 0 Å². The summed E-state index contributed by atoms with van der Waals surface area (Å²) in [5.41, 5.74) is 1.08. The van der Waals surface area contributed by atoms with Gasteiger partial charge in [-0.25, -0.2) is 0 Å². The average molecular weight is 215 g/mol. The zero-order valence-corrected chi connectivity index (χ0v) is 8.46. The Balaban J connectivity index is 3.02. The average Bonchev–Trinajstić information content (AvgIpc) is 2.04. The molecule has 1 aromatic rings. The summed E-state index contributed by atoms with van der Waals surface area (Å²) in [4.78, 5) is 0. The first-order valence-corrected chi connectivity index (χ1v) is 6.13. The second kappa shape index (κ2) is 3.91. The third-order valence-electron chi connectivity index (χ3n) is 1.59. The molecule has 11 heavy (non-hydrogen) atoms. The van der Waals surface area contributed by atoms with Gasteiger partial charge in [-0.05, 0) is 0 Å². The van der Waals surface area contributed by atoms with Crippen molar-refractivity contribution in [2.24, 2.45) is 0 Å². The maximum absolute atomic E-state index is 9.35. The molecule has 0 amide bonds. The van der Waals surface area contributed by atoms with Gasteiger partial charge < -0.3 is 0 Å². The molecule has 0 radical (unpaired) electrons. The van der Waals surface area contributed by atoms with Gasteiger partial charge in [0.15, 0.2) is 0 Å². The van der Waals surface area contributed by atoms with Crippen molar-refractivity contribution in [3.05, 3.63) is 29.8 Å². The van der Waals surface area contributed by atoms with Crippen molar-refractivity contribution in [3.8, 4) is 0 Å². The summed E-state index contributed by atoms with van der Waals surface area (Å²) in [5.74, 6) is 2.16. The van der Waals surface area contributed by atoms with Crippen molar-refractivity contribution >= 4 is 19.4 Å². The molecule has 1 atom stereocenters. The Morgan fingerprint density at radius 1 is 1.36 bits per heavy atom. The summed E-state index contributed by atoms with van der Waals surface area (Å²) >= 11 is 0.480.